The van der Waals surface area contributed by atoms with Crippen LogP contribution in [-0.2, 0) is 9.53 Å². The van der Waals surface area contributed by atoms with E-state index in [9.17, 15) is 13.6 Å². The van der Waals surface area contributed by atoms with Crippen molar-refractivity contribution in [1.29, 1.82) is 0 Å². The summed E-state index contributed by atoms with van der Waals surface area (Å²) in [6.07, 6.45) is -0.451. The van der Waals surface area contributed by atoms with E-state index in [4.69, 9.17) is 15.2 Å². The Kier molecular flexibility index (Phi) is 9.39. The summed E-state index contributed by atoms with van der Waals surface area (Å²) in [7, 11) is 2.85. The summed E-state index contributed by atoms with van der Waals surface area (Å²) in [5, 5.41) is 2.48. The third-order valence-corrected chi connectivity index (χ3v) is 2.69. The Bertz CT molecular complexity index is 473. The van der Waals surface area contributed by atoms with Crippen LogP contribution < -0.4 is 20.5 Å². The van der Waals surface area contributed by atoms with E-state index in [1.165, 1.54) is 32.4 Å². The summed E-state index contributed by atoms with van der Waals surface area (Å²) in [5.74, 6) is -0.186. The third-order valence-electron chi connectivity index (χ3n) is 2.69. The van der Waals surface area contributed by atoms with E-state index in [1.54, 1.807) is 0 Å². The van der Waals surface area contributed by atoms with Crippen molar-refractivity contribution in [3.63, 3.8) is 0 Å². The van der Waals surface area contributed by atoms with E-state index >= 15 is 0 Å². The number of carbonyl (C=O) groups is 1. The highest BCUT2D eigenvalue weighted by Crippen LogP contribution is 2.30. The number of carbonyl (C=O) groups excluding carboxylic acids is 1. The van der Waals surface area contributed by atoms with Crippen molar-refractivity contribution < 1.29 is 27.8 Å². The maximum Gasteiger partial charge on any atom is 0.387 e. The first-order chi connectivity index (χ1) is 9.99. The fraction of sp³-hybridized carbons (Fsp3) is 0.462. The van der Waals surface area contributed by atoms with Crippen LogP contribution in [0.1, 0.15) is 6.42 Å². The third kappa shape index (κ3) is 6.42. The lowest BCUT2D eigenvalue weighted by Gasteiger charge is -2.15. The van der Waals surface area contributed by atoms with Gasteiger partial charge in [-0.3, -0.25) is 4.79 Å². The topological polar surface area (TPSA) is 82.8 Å². The minimum atomic E-state index is -3.00. The van der Waals surface area contributed by atoms with E-state index < -0.39 is 18.6 Å². The Morgan fingerprint density at radius 2 is 2.05 bits per heavy atom. The quantitative estimate of drug-likeness (QED) is 0.756. The SMILES string of the molecule is COc1ccc(OC(F)F)c(NC(=O)CC(CN)OC)c1.Cl. The van der Waals surface area contributed by atoms with Crippen molar-refractivity contribution in [1.82, 2.24) is 0 Å². The molecule has 1 rings (SSSR count). The fourth-order valence-electron chi connectivity index (χ4n) is 1.60. The Morgan fingerprint density at radius 1 is 1.36 bits per heavy atom. The van der Waals surface area contributed by atoms with Gasteiger partial charge in [0.25, 0.3) is 0 Å². The monoisotopic (exact) mass is 340 g/mol. The van der Waals surface area contributed by atoms with Crippen LogP contribution >= 0.6 is 12.4 Å². The fourth-order valence-corrected chi connectivity index (χ4v) is 1.60. The first kappa shape index (κ1) is 20.4. The van der Waals surface area contributed by atoms with Crippen LogP contribution in [0.15, 0.2) is 18.2 Å². The molecule has 9 heteroatoms. The lowest BCUT2D eigenvalue weighted by Crippen LogP contribution is -2.28. The van der Waals surface area contributed by atoms with E-state index in [-0.39, 0.29) is 36.8 Å². The van der Waals surface area contributed by atoms with Crippen molar-refractivity contribution in [2.45, 2.75) is 19.1 Å². The summed E-state index contributed by atoms with van der Waals surface area (Å²) < 4.78 is 39.0. The van der Waals surface area contributed by atoms with Crippen LogP contribution in [0.5, 0.6) is 11.5 Å². The van der Waals surface area contributed by atoms with Gasteiger partial charge in [-0.25, -0.2) is 0 Å². The zero-order chi connectivity index (χ0) is 15.8. The zero-order valence-corrected chi connectivity index (χ0v) is 13.0. The van der Waals surface area contributed by atoms with Crippen LogP contribution in [0, 0.1) is 0 Å². The predicted octanol–water partition coefficient (Wildman–Crippen LogP) is 2.02. The summed E-state index contributed by atoms with van der Waals surface area (Å²) in [4.78, 5) is 11.8. The molecular weight excluding hydrogens is 322 g/mol. The van der Waals surface area contributed by atoms with Gasteiger partial charge in [0, 0.05) is 19.7 Å². The van der Waals surface area contributed by atoms with Crippen molar-refractivity contribution in [3.8, 4) is 11.5 Å². The Balaban J connectivity index is 0.00000441. The summed E-state index contributed by atoms with van der Waals surface area (Å²) in [5.41, 5.74) is 5.51. The van der Waals surface area contributed by atoms with Gasteiger partial charge < -0.3 is 25.3 Å². The second-order valence-electron chi connectivity index (χ2n) is 4.09. The number of ether oxygens (including phenoxy) is 3. The van der Waals surface area contributed by atoms with Gasteiger partial charge in [-0.05, 0) is 12.1 Å². The second kappa shape index (κ2) is 10.1. The summed E-state index contributed by atoms with van der Waals surface area (Å²) >= 11 is 0. The predicted molar refractivity (Wildman–Crippen MR) is 80.0 cm³/mol. The Morgan fingerprint density at radius 3 is 2.55 bits per heavy atom. The molecule has 126 valence electrons. The minimum absolute atomic E-state index is 0. The molecule has 0 aliphatic rings. The number of hydrogen-bond acceptors (Lipinski definition) is 5. The van der Waals surface area contributed by atoms with Crippen LogP contribution in [0.2, 0.25) is 0 Å². The molecule has 0 bridgehead atoms. The lowest BCUT2D eigenvalue weighted by molar-refractivity contribution is -0.118. The number of nitrogens with two attached hydrogens (primary N) is 1. The van der Waals surface area contributed by atoms with E-state index in [2.05, 4.69) is 10.1 Å². The van der Waals surface area contributed by atoms with Gasteiger partial charge in [0.2, 0.25) is 5.91 Å². The zero-order valence-electron chi connectivity index (χ0n) is 12.2. The second-order valence-corrected chi connectivity index (χ2v) is 4.09. The van der Waals surface area contributed by atoms with Crippen LogP contribution in [0.25, 0.3) is 0 Å². The summed E-state index contributed by atoms with van der Waals surface area (Å²) in [6.45, 7) is -2.83. The number of nitrogens with one attached hydrogen (secondary N) is 1. The largest absolute Gasteiger partial charge is 0.497 e. The molecule has 0 fully saturated rings. The molecule has 6 nitrogen and oxygen atoms in total. The molecule has 1 atom stereocenters. The van der Waals surface area contributed by atoms with Gasteiger partial charge in [-0.1, -0.05) is 0 Å². The average Bonchev–Trinajstić information content (AvgIpc) is 2.46. The highest BCUT2D eigenvalue weighted by atomic mass is 35.5. The van der Waals surface area contributed by atoms with Crippen molar-refractivity contribution in [3.05, 3.63) is 18.2 Å². The number of rotatable bonds is 8. The first-order valence-corrected chi connectivity index (χ1v) is 6.15. The van der Waals surface area contributed by atoms with Crippen LogP contribution in [0.4, 0.5) is 14.5 Å². The van der Waals surface area contributed by atoms with Gasteiger partial charge in [0.05, 0.1) is 25.3 Å². The van der Waals surface area contributed by atoms with Crippen molar-refractivity contribution in [2.75, 3.05) is 26.1 Å². The molecule has 0 aliphatic carbocycles. The van der Waals surface area contributed by atoms with Gasteiger partial charge >= 0.3 is 6.61 Å². The molecule has 0 spiro atoms. The average molecular weight is 341 g/mol. The molecule has 0 aliphatic heterocycles. The number of amides is 1. The molecule has 1 amide bonds. The maximum absolute atomic E-state index is 12.3. The normalized spacial score (nSPS) is 11.5. The van der Waals surface area contributed by atoms with Gasteiger partial charge in [-0.15, -0.1) is 12.4 Å². The van der Waals surface area contributed by atoms with Crippen molar-refractivity contribution >= 4 is 24.0 Å². The number of benzene rings is 1. The molecule has 1 unspecified atom stereocenters. The molecule has 0 saturated heterocycles. The van der Waals surface area contributed by atoms with E-state index in [0.29, 0.717) is 5.75 Å². The molecular formula is C13H19ClF2N2O4. The van der Waals surface area contributed by atoms with Crippen molar-refractivity contribution in [2.24, 2.45) is 5.73 Å². The van der Waals surface area contributed by atoms with Gasteiger partial charge in [-0.2, -0.15) is 8.78 Å². The molecule has 0 aromatic heterocycles. The summed E-state index contributed by atoms with van der Waals surface area (Å²) in [6, 6.07) is 4.13. The molecule has 3 N–H and O–H groups in total. The van der Waals surface area contributed by atoms with Gasteiger partial charge in [0.15, 0.2) is 0 Å². The Hall–Kier alpha value is -1.64. The highest BCUT2D eigenvalue weighted by Gasteiger charge is 2.16. The molecule has 22 heavy (non-hydrogen) atoms. The maximum atomic E-state index is 12.3. The standard InChI is InChI=1S/C13H18F2N2O4.ClH/c1-19-8-3-4-11(21-13(14)15)10(5-8)17-12(18)6-9(7-16)20-2;/h3-5,9,13H,6-7,16H2,1-2H3,(H,17,18);1H. The number of halogens is 3. The number of hydrogen-bond donors (Lipinski definition) is 2. The first-order valence-electron chi connectivity index (χ1n) is 6.15. The number of alkyl halides is 2. The van der Waals surface area contributed by atoms with Crippen LogP contribution in [0.3, 0.4) is 0 Å². The van der Waals surface area contributed by atoms with Gasteiger partial charge in [0.1, 0.15) is 11.5 Å². The molecule has 1 aromatic carbocycles. The number of methoxy groups -OCH3 is 2. The minimum Gasteiger partial charge on any atom is -0.497 e. The molecule has 1 aromatic rings. The highest BCUT2D eigenvalue weighted by molar-refractivity contribution is 5.92. The molecule has 0 radical (unpaired) electrons. The lowest BCUT2D eigenvalue weighted by atomic mass is 10.2. The smallest absolute Gasteiger partial charge is 0.387 e. The molecule has 0 saturated carbocycles. The van der Waals surface area contributed by atoms with Crippen LogP contribution in [-0.4, -0.2) is 39.4 Å². The van der Waals surface area contributed by atoms with E-state index in [1.807, 2.05) is 0 Å². The molecule has 0 heterocycles. The van der Waals surface area contributed by atoms with E-state index in [0.717, 1.165) is 0 Å². The number of anilines is 1. The Labute approximate surface area is 133 Å².